The van der Waals surface area contributed by atoms with Gasteiger partial charge in [0.15, 0.2) is 0 Å². The molecule has 0 spiro atoms. The van der Waals surface area contributed by atoms with E-state index < -0.39 is 5.97 Å². The van der Waals surface area contributed by atoms with E-state index in [0.717, 1.165) is 25.1 Å². The largest absolute Gasteiger partial charge is 0.462 e. The summed E-state index contributed by atoms with van der Waals surface area (Å²) < 4.78 is 4.82. The number of carbonyl (C=O) groups excluding carboxylic acids is 2. The lowest BCUT2D eigenvalue weighted by molar-refractivity contribution is -0.137. The lowest BCUT2D eigenvalue weighted by Crippen LogP contribution is -2.03. The summed E-state index contributed by atoms with van der Waals surface area (Å²) in [5, 5.41) is 0. The Bertz CT molecular complexity index is 240. The number of nitrogens with zero attached hydrogens (tertiary/aromatic N) is 1. The van der Waals surface area contributed by atoms with Crippen LogP contribution in [0.2, 0.25) is 0 Å². The Hall–Kier alpha value is -1.41. The van der Waals surface area contributed by atoms with Gasteiger partial charge in [-0.2, -0.15) is 4.99 Å². The smallest absolute Gasteiger partial charge is 0.332 e. The predicted molar refractivity (Wildman–Crippen MR) is 52.3 cm³/mol. The fourth-order valence-corrected chi connectivity index (χ4v) is 0.841. The van der Waals surface area contributed by atoms with E-state index in [0.29, 0.717) is 12.5 Å². The Morgan fingerprint density at radius 2 is 2.29 bits per heavy atom. The van der Waals surface area contributed by atoms with Gasteiger partial charge in [-0.1, -0.05) is 13.8 Å². The molecule has 0 aliphatic heterocycles. The molecule has 0 aromatic carbocycles. The molecule has 0 amide bonds. The number of carbonyl (C=O) groups is 1. The molecular weight excluding hydrogens is 182 g/mol. The molecule has 0 rings (SSSR count). The van der Waals surface area contributed by atoms with Gasteiger partial charge in [0.05, 0.1) is 6.61 Å². The van der Waals surface area contributed by atoms with E-state index >= 15 is 0 Å². The number of aliphatic imine (C=N–C) groups is 1. The molecule has 0 radical (unpaired) electrons. The third kappa shape index (κ3) is 8.68. The summed E-state index contributed by atoms with van der Waals surface area (Å²) in [6.45, 7) is 4.63. The normalized spacial score (nSPS) is 10.2. The summed E-state index contributed by atoms with van der Waals surface area (Å²) in [5.74, 6) is 0.136. The van der Waals surface area contributed by atoms with Gasteiger partial charge in [0.2, 0.25) is 6.08 Å². The summed E-state index contributed by atoms with van der Waals surface area (Å²) in [5.41, 5.74) is 0. The van der Waals surface area contributed by atoms with Crippen LogP contribution < -0.4 is 0 Å². The first kappa shape index (κ1) is 12.6. The molecular formula is C10H15NO3. The summed E-state index contributed by atoms with van der Waals surface area (Å²) in [6.07, 6.45) is 5.34. The highest BCUT2D eigenvalue weighted by Gasteiger charge is 1.97. The van der Waals surface area contributed by atoms with Gasteiger partial charge in [-0.05, 0) is 18.8 Å². The van der Waals surface area contributed by atoms with Gasteiger partial charge >= 0.3 is 5.97 Å². The summed E-state index contributed by atoms with van der Waals surface area (Å²) in [7, 11) is 0. The molecule has 0 aliphatic rings. The monoisotopic (exact) mass is 197 g/mol. The van der Waals surface area contributed by atoms with E-state index in [1.807, 2.05) is 0 Å². The second kappa shape index (κ2) is 8.20. The second-order valence-electron chi connectivity index (χ2n) is 3.24. The zero-order valence-corrected chi connectivity index (χ0v) is 8.53. The van der Waals surface area contributed by atoms with Crippen molar-refractivity contribution in [1.29, 1.82) is 0 Å². The van der Waals surface area contributed by atoms with Crippen molar-refractivity contribution in [2.24, 2.45) is 10.9 Å². The summed E-state index contributed by atoms with van der Waals surface area (Å²) >= 11 is 0. The van der Waals surface area contributed by atoms with Gasteiger partial charge in [0.25, 0.3) is 0 Å². The molecule has 4 nitrogen and oxygen atoms in total. The van der Waals surface area contributed by atoms with Crippen LogP contribution >= 0.6 is 0 Å². The van der Waals surface area contributed by atoms with Crippen molar-refractivity contribution < 1.29 is 14.3 Å². The first-order valence-electron chi connectivity index (χ1n) is 4.57. The van der Waals surface area contributed by atoms with Crippen LogP contribution in [0, 0.1) is 5.92 Å². The summed E-state index contributed by atoms with van der Waals surface area (Å²) in [6, 6.07) is 0. The predicted octanol–water partition coefficient (Wildman–Crippen LogP) is 1.82. The average molecular weight is 197 g/mol. The van der Waals surface area contributed by atoms with Crippen molar-refractivity contribution in [3.8, 4) is 0 Å². The molecule has 0 unspecified atom stereocenters. The minimum atomic E-state index is -0.479. The van der Waals surface area contributed by atoms with E-state index in [2.05, 4.69) is 18.8 Å². The van der Waals surface area contributed by atoms with E-state index in [-0.39, 0.29) is 0 Å². The number of hydrogen-bond donors (Lipinski definition) is 0. The topological polar surface area (TPSA) is 55.7 Å². The standard InChI is InChI=1S/C10H15NO3/c1-9(2)4-3-7-14-10(13)5-6-11-8-12/h5-6,9H,3-4,7H2,1-2H3/b6-5+. The van der Waals surface area contributed by atoms with Gasteiger partial charge in [0, 0.05) is 12.3 Å². The van der Waals surface area contributed by atoms with Gasteiger partial charge in [-0.25, -0.2) is 9.59 Å². The third-order valence-electron chi connectivity index (χ3n) is 1.51. The van der Waals surface area contributed by atoms with Gasteiger partial charge in [-0.3, -0.25) is 0 Å². The van der Waals surface area contributed by atoms with Crippen LogP contribution in [0.3, 0.4) is 0 Å². The van der Waals surface area contributed by atoms with Crippen LogP contribution in [0.1, 0.15) is 26.7 Å². The van der Waals surface area contributed by atoms with Crippen LogP contribution in [0.15, 0.2) is 17.3 Å². The molecule has 0 aliphatic carbocycles. The van der Waals surface area contributed by atoms with Crippen LogP contribution in [0.4, 0.5) is 0 Å². The van der Waals surface area contributed by atoms with E-state index in [4.69, 9.17) is 4.74 Å². The van der Waals surface area contributed by atoms with Crippen molar-refractivity contribution in [2.75, 3.05) is 6.61 Å². The van der Waals surface area contributed by atoms with Crippen molar-refractivity contribution >= 4 is 12.0 Å². The molecule has 4 heteroatoms. The molecule has 0 bridgehead atoms. The molecule has 0 aromatic rings. The Morgan fingerprint density at radius 3 is 2.86 bits per heavy atom. The number of isocyanates is 1. The Labute approximate surface area is 83.7 Å². The van der Waals surface area contributed by atoms with Gasteiger partial charge < -0.3 is 4.74 Å². The first-order chi connectivity index (χ1) is 6.66. The van der Waals surface area contributed by atoms with Crippen molar-refractivity contribution in [2.45, 2.75) is 26.7 Å². The lowest BCUT2D eigenvalue weighted by atomic mass is 10.1. The maximum absolute atomic E-state index is 10.9. The highest BCUT2D eigenvalue weighted by atomic mass is 16.5. The number of esters is 1. The molecule has 0 saturated carbocycles. The number of rotatable bonds is 6. The molecule has 0 heterocycles. The number of ether oxygens (including phenoxy) is 1. The second-order valence-corrected chi connectivity index (χ2v) is 3.24. The quantitative estimate of drug-likeness (QED) is 0.214. The minimum Gasteiger partial charge on any atom is -0.462 e. The molecule has 0 aromatic heterocycles. The SMILES string of the molecule is CC(C)CCCOC(=O)/C=C/N=C=O. The van der Waals surface area contributed by atoms with Crippen LogP contribution in [-0.4, -0.2) is 18.7 Å². The van der Waals surface area contributed by atoms with Crippen LogP contribution in [0.25, 0.3) is 0 Å². The first-order valence-corrected chi connectivity index (χ1v) is 4.57. The van der Waals surface area contributed by atoms with Crippen LogP contribution in [-0.2, 0) is 14.3 Å². The highest BCUT2D eigenvalue weighted by molar-refractivity contribution is 5.81. The van der Waals surface area contributed by atoms with E-state index in [1.54, 1.807) is 0 Å². The van der Waals surface area contributed by atoms with Crippen molar-refractivity contribution in [3.63, 3.8) is 0 Å². The van der Waals surface area contributed by atoms with Gasteiger partial charge in [0.1, 0.15) is 0 Å². The maximum atomic E-state index is 10.9. The van der Waals surface area contributed by atoms with Crippen molar-refractivity contribution in [1.82, 2.24) is 0 Å². The van der Waals surface area contributed by atoms with Crippen molar-refractivity contribution in [3.05, 3.63) is 12.3 Å². The summed E-state index contributed by atoms with van der Waals surface area (Å²) in [4.78, 5) is 23.6. The fourth-order valence-electron chi connectivity index (χ4n) is 0.841. The number of hydrogen-bond acceptors (Lipinski definition) is 4. The average Bonchev–Trinajstić information content (AvgIpc) is 2.13. The zero-order valence-electron chi connectivity index (χ0n) is 8.53. The van der Waals surface area contributed by atoms with E-state index in [1.165, 1.54) is 6.08 Å². The molecule has 0 fully saturated rings. The van der Waals surface area contributed by atoms with Crippen LogP contribution in [0.5, 0.6) is 0 Å². The van der Waals surface area contributed by atoms with Gasteiger partial charge in [-0.15, -0.1) is 0 Å². The Balaban J connectivity index is 3.49. The minimum absolute atomic E-state index is 0.409. The third-order valence-corrected chi connectivity index (χ3v) is 1.51. The fraction of sp³-hybridized carbons (Fsp3) is 0.600. The molecule has 0 saturated heterocycles. The highest BCUT2D eigenvalue weighted by Crippen LogP contribution is 2.03. The Morgan fingerprint density at radius 1 is 1.57 bits per heavy atom. The maximum Gasteiger partial charge on any atom is 0.332 e. The zero-order chi connectivity index (χ0) is 10.8. The lowest BCUT2D eigenvalue weighted by Gasteiger charge is -2.03. The molecule has 14 heavy (non-hydrogen) atoms. The Kier molecular flexibility index (Phi) is 7.37. The molecule has 78 valence electrons. The van der Waals surface area contributed by atoms with E-state index in [9.17, 15) is 9.59 Å². The molecule has 0 atom stereocenters. The molecule has 0 N–H and O–H groups in total.